The standard InChI is InChI=1S/C21H25N5O3/c1-13-19(14(2)29-24-13)20-16(12-27)6-7-17(22-20)15-5-4-9-26(11-15)21(28)18-8-10-25(3)23-18/h6-8,10,15,27H,4-5,9,11-12H2,1-3H3. The Balaban J connectivity index is 1.63. The van der Waals surface area contributed by atoms with Gasteiger partial charge in [-0.2, -0.15) is 5.10 Å². The second-order valence-corrected chi connectivity index (χ2v) is 7.57. The predicted molar refractivity (Wildman–Crippen MR) is 106 cm³/mol. The highest BCUT2D eigenvalue weighted by Gasteiger charge is 2.28. The van der Waals surface area contributed by atoms with Crippen LogP contribution in [0.3, 0.4) is 0 Å². The Kier molecular flexibility index (Phi) is 5.19. The number of amides is 1. The molecular weight excluding hydrogens is 370 g/mol. The van der Waals surface area contributed by atoms with Gasteiger partial charge in [-0.3, -0.25) is 14.5 Å². The second-order valence-electron chi connectivity index (χ2n) is 7.57. The van der Waals surface area contributed by atoms with Crippen LogP contribution in [0.5, 0.6) is 0 Å². The van der Waals surface area contributed by atoms with Crippen LogP contribution in [0.1, 0.15) is 52.0 Å². The van der Waals surface area contributed by atoms with Crippen LogP contribution in [0, 0.1) is 13.8 Å². The number of aliphatic hydroxyl groups excluding tert-OH is 1. The lowest BCUT2D eigenvalue weighted by atomic mass is 9.92. The van der Waals surface area contributed by atoms with Gasteiger partial charge in [-0.15, -0.1) is 0 Å². The zero-order valence-corrected chi connectivity index (χ0v) is 16.9. The van der Waals surface area contributed by atoms with Crippen LogP contribution in [0.25, 0.3) is 11.3 Å². The quantitative estimate of drug-likeness (QED) is 0.729. The molecule has 152 valence electrons. The summed E-state index contributed by atoms with van der Waals surface area (Å²) < 4.78 is 6.94. The summed E-state index contributed by atoms with van der Waals surface area (Å²) in [6.45, 7) is 4.93. The molecule has 1 unspecified atom stereocenters. The Morgan fingerprint density at radius 1 is 1.31 bits per heavy atom. The number of rotatable bonds is 4. The number of aliphatic hydroxyl groups is 1. The van der Waals surface area contributed by atoms with Crippen molar-refractivity contribution in [3.63, 3.8) is 0 Å². The van der Waals surface area contributed by atoms with Crippen LogP contribution in [0.2, 0.25) is 0 Å². The van der Waals surface area contributed by atoms with Gasteiger partial charge in [-0.25, -0.2) is 0 Å². The molecule has 0 bridgehead atoms. The molecule has 1 N–H and O–H groups in total. The number of carbonyl (C=O) groups is 1. The minimum absolute atomic E-state index is 0.0479. The van der Waals surface area contributed by atoms with Crippen molar-refractivity contribution in [2.45, 2.75) is 39.2 Å². The molecule has 3 aromatic rings. The topological polar surface area (TPSA) is 97.3 Å². The summed E-state index contributed by atoms with van der Waals surface area (Å²) in [6.07, 6.45) is 3.64. The predicted octanol–water partition coefficient (Wildman–Crippen LogP) is 2.60. The van der Waals surface area contributed by atoms with Gasteiger partial charge < -0.3 is 14.5 Å². The molecule has 0 aromatic carbocycles. The number of carbonyl (C=O) groups excluding carboxylic acids is 1. The molecule has 8 heteroatoms. The first-order chi connectivity index (χ1) is 14.0. The maximum Gasteiger partial charge on any atom is 0.274 e. The lowest BCUT2D eigenvalue weighted by molar-refractivity contribution is 0.0699. The van der Waals surface area contributed by atoms with Gasteiger partial charge in [0.15, 0.2) is 0 Å². The molecule has 4 rings (SSSR count). The summed E-state index contributed by atoms with van der Waals surface area (Å²) in [4.78, 5) is 19.5. The van der Waals surface area contributed by atoms with Gasteiger partial charge in [-0.05, 0) is 38.8 Å². The molecule has 4 heterocycles. The summed E-state index contributed by atoms with van der Waals surface area (Å²) in [5.74, 6) is 0.758. The second kappa shape index (κ2) is 7.79. The van der Waals surface area contributed by atoms with E-state index in [0.717, 1.165) is 41.9 Å². The molecule has 1 aliphatic rings. The molecule has 0 spiro atoms. The minimum Gasteiger partial charge on any atom is -0.392 e. The number of likely N-dealkylation sites (tertiary alicyclic amines) is 1. The smallest absolute Gasteiger partial charge is 0.274 e. The molecule has 3 aromatic heterocycles. The number of hydrogen-bond acceptors (Lipinski definition) is 6. The van der Waals surface area contributed by atoms with Gasteiger partial charge in [-0.1, -0.05) is 11.2 Å². The van der Waals surface area contributed by atoms with Gasteiger partial charge in [0.25, 0.3) is 5.91 Å². The first kappa shape index (κ1) is 19.3. The van der Waals surface area contributed by atoms with Crippen molar-refractivity contribution < 1.29 is 14.4 Å². The van der Waals surface area contributed by atoms with E-state index >= 15 is 0 Å². The van der Waals surface area contributed by atoms with Crippen LogP contribution in [-0.4, -0.2) is 48.9 Å². The maximum atomic E-state index is 12.8. The van der Waals surface area contributed by atoms with E-state index in [1.165, 1.54) is 0 Å². The lowest BCUT2D eigenvalue weighted by Crippen LogP contribution is -2.39. The summed E-state index contributed by atoms with van der Waals surface area (Å²) in [5, 5.41) is 18.1. The van der Waals surface area contributed by atoms with E-state index in [2.05, 4.69) is 10.3 Å². The van der Waals surface area contributed by atoms with Crippen LogP contribution in [0.15, 0.2) is 28.9 Å². The van der Waals surface area contributed by atoms with Crippen LogP contribution < -0.4 is 0 Å². The number of pyridine rings is 1. The fraction of sp³-hybridized carbons (Fsp3) is 0.429. The van der Waals surface area contributed by atoms with E-state index in [1.54, 1.807) is 24.0 Å². The molecular formula is C21H25N5O3. The van der Waals surface area contributed by atoms with Crippen molar-refractivity contribution in [3.05, 3.63) is 52.8 Å². The van der Waals surface area contributed by atoms with Crippen molar-refractivity contribution in [2.75, 3.05) is 13.1 Å². The average molecular weight is 395 g/mol. The van der Waals surface area contributed by atoms with E-state index in [4.69, 9.17) is 9.51 Å². The van der Waals surface area contributed by atoms with Crippen molar-refractivity contribution in [3.8, 4) is 11.3 Å². The third kappa shape index (κ3) is 3.67. The summed E-state index contributed by atoms with van der Waals surface area (Å²) in [5.41, 5.74) is 4.39. The van der Waals surface area contributed by atoms with Crippen LogP contribution in [0.4, 0.5) is 0 Å². The molecule has 8 nitrogen and oxygen atoms in total. The van der Waals surface area contributed by atoms with Gasteiger partial charge in [0.2, 0.25) is 0 Å². The summed E-state index contributed by atoms with van der Waals surface area (Å²) in [7, 11) is 1.80. The van der Waals surface area contributed by atoms with Crippen molar-refractivity contribution in [2.24, 2.45) is 7.05 Å². The number of hydrogen-bond donors (Lipinski definition) is 1. The molecule has 0 aliphatic carbocycles. The molecule has 1 amide bonds. The fourth-order valence-corrected chi connectivity index (χ4v) is 3.99. The molecule has 1 fully saturated rings. The van der Waals surface area contributed by atoms with Gasteiger partial charge >= 0.3 is 0 Å². The Morgan fingerprint density at radius 3 is 2.79 bits per heavy atom. The molecule has 1 saturated heterocycles. The maximum absolute atomic E-state index is 12.8. The number of aryl methyl sites for hydroxylation is 3. The highest BCUT2D eigenvalue weighted by atomic mass is 16.5. The normalized spacial score (nSPS) is 17.0. The molecule has 0 saturated carbocycles. The summed E-state index contributed by atoms with van der Waals surface area (Å²) >= 11 is 0. The zero-order valence-electron chi connectivity index (χ0n) is 16.9. The highest BCUT2D eigenvalue weighted by Crippen LogP contribution is 2.32. The molecule has 0 radical (unpaired) electrons. The third-order valence-electron chi connectivity index (χ3n) is 5.50. The number of piperidine rings is 1. The van der Waals surface area contributed by atoms with Crippen molar-refractivity contribution in [1.82, 2.24) is 24.8 Å². The Bertz CT molecular complexity index is 1020. The number of nitrogens with zero attached hydrogens (tertiary/aromatic N) is 5. The van der Waals surface area contributed by atoms with E-state index < -0.39 is 0 Å². The number of aromatic nitrogens is 4. The first-order valence-corrected chi connectivity index (χ1v) is 9.80. The van der Waals surface area contributed by atoms with E-state index in [0.29, 0.717) is 23.7 Å². The average Bonchev–Trinajstić information content (AvgIpc) is 3.32. The first-order valence-electron chi connectivity index (χ1n) is 9.80. The van der Waals surface area contributed by atoms with Gasteiger partial charge in [0, 0.05) is 43.5 Å². The molecule has 1 aliphatic heterocycles. The molecule has 29 heavy (non-hydrogen) atoms. The monoisotopic (exact) mass is 395 g/mol. The largest absolute Gasteiger partial charge is 0.392 e. The zero-order chi connectivity index (χ0) is 20.5. The fourth-order valence-electron chi connectivity index (χ4n) is 3.99. The van der Waals surface area contributed by atoms with E-state index in [1.807, 2.05) is 30.9 Å². The highest BCUT2D eigenvalue weighted by molar-refractivity contribution is 5.92. The minimum atomic E-state index is -0.109. The Morgan fingerprint density at radius 2 is 2.14 bits per heavy atom. The Labute approximate surface area is 169 Å². The van der Waals surface area contributed by atoms with Gasteiger partial charge in [0.05, 0.1) is 23.6 Å². The van der Waals surface area contributed by atoms with Crippen LogP contribution >= 0.6 is 0 Å². The SMILES string of the molecule is Cc1noc(C)c1-c1nc(C2CCCN(C(=O)c3ccn(C)n3)C2)ccc1CO. The Hall–Kier alpha value is -3.00. The summed E-state index contributed by atoms with van der Waals surface area (Å²) in [6, 6.07) is 5.60. The molecule has 1 atom stereocenters. The third-order valence-corrected chi connectivity index (χ3v) is 5.50. The van der Waals surface area contributed by atoms with E-state index in [-0.39, 0.29) is 18.4 Å². The van der Waals surface area contributed by atoms with E-state index in [9.17, 15) is 9.90 Å². The lowest BCUT2D eigenvalue weighted by Gasteiger charge is -2.32. The van der Waals surface area contributed by atoms with Crippen molar-refractivity contribution in [1.29, 1.82) is 0 Å². The van der Waals surface area contributed by atoms with Crippen molar-refractivity contribution >= 4 is 5.91 Å². The van der Waals surface area contributed by atoms with Gasteiger partial charge in [0.1, 0.15) is 11.5 Å². The van der Waals surface area contributed by atoms with Crippen LogP contribution in [-0.2, 0) is 13.7 Å².